The maximum absolute atomic E-state index is 12.8. The quantitative estimate of drug-likeness (QED) is 0.308. The number of rotatable bonds is 7. The molecule has 0 spiro atoms. The van der Waals surface area contributed by atoms with Crippen molar-refractivity contribution in [1.82, 2.24) is 0 Å². The van der Waals surface area contributed by atoms with Crippen molar-refractivity contribution in [3.63, 3.8) is 0 Å². The Hall–Kier alpha value is -3.73. The first-order chi connectivity index (χ1) is 13.7. The highest BCUT2D eigenvalue weighted by molar-refractivity contribution is 7.91. The number of nitrogens with zero attached hydrogens (tertiary/aromatic N) is 1. The summed E-state index contributed by atoms with van der Waals surface area (Å²) in [7, 11) is -1.98. The summed E-state index contributed by atoms with van der Waals surface area (Å²) in [6.45, 7) is 0. The van der Waals surface area contributed by atoms with Crippen LogP contribution in [0.25, 0.3) is 0 Å². The van der Waals surface area contributed by atoms with Crippen LogP contribution < -0.4 is 5.32 Å². The van der Waals surface area contributed by atoms with Gasteiger partial charge in [-0.15, -0.1) is 0 Å². The van der Waals surface area contributed by atoms with Crippen molar-refractivity contribution in [1.29, 1.82) is 0 Å². The third kappa shape index (κ3) is 4.96. The second-order valence-electron chi connectivity index (χ2n) is 5.45. The molecule has 0 aliphatic heterocycles. The Bertz CT molecular complexity index is 1080. The van der Waals surface area contributed by atoms with E-state index in [1.54, 1.807) is 6.07 Å². The molecular formula is C18H16N2O8S. The number of esters is 2. The Kier molecular flexibility index (Phi) is 6.67. The predicted molar refractivity (Wildman–Crippen MR) is 101 cm³/mol. The number of benzene rings is 2. The Morgan fingerprint density at radius 1 is 1.07 bits per heavy atom. The van der Waals surface area contributed by atoms with Gasteiger partial charge in [0.15, 0.2) is 0 Å². The molecule has 2 aromatic carbocycles. The number of hydrogen-bond donors (Lipinski definition) is 1. The van der Waals surface area contributed by atoms with Crippen LogP contribution in [-0.2, 0) is 28.9 Å². The normalized spacial score (nSPS) is 11.4. The Morgan fingerprint density at radius 2 is 1.72 bits per heavy atom. The third-order valence-electron chi connectivity index (χ3n) is 3.65. The molecule has 11 heteroatoms. The van der Waals surface area contributed by atoms with Gasteiger partial charge in [-0.05, 0) is 24.3 Å². The van der Waals surface area contributed by atoms with Gasteiger partial charge in [0.05, 0.1) is 30.1 Å². The molecule has 29 heavy (non-hydrogen) atoms. The minimum Gasteiger partial charge on any atom is -0.466 e. The Morgan fingerprint density at radius 3 is 2.28 bits per heavy atom. The van der Waals surface area contributed by atoms with Gasteiger partial charge in [0.25, 0.3) is 5.69 Å². The standard InChI is InChI=1S/C18H16N2O8S/c1-27-17(21)11-14(18(22)28-2)19-12-8-9-16(15(10-12)20(23)24)29(25,26)13-6-4-3-5-7-13/h3-11,19H,1-2H3/b14-11+. The van der Waals surface area contributed by atoms with Crippen molar-refractivity contribution < 1.29 is 32.4 Å². The zero-order chi connectivity index (χ0) is 21.6. The first-order valence-electron chi connectivity index (χ1n) is 7.94. The highest BCUT2D eigenvalue weighted by Crippen LogP contribution is 2.32. The number of sulfone groups is 1. The van der Waals surface area contributed by atoms with Gasteiger partial charge in [-0.1, -0.05) is 18.2 Å². The zero-order valence-electron chi connectivity index (χ0n) is 15.3. The molecule has 0 aliphatic carbocycles. The molecule has 0 aromatic heterocycles. The number of ether oxygens (including phenoxy) is 2. The summed E-state index contributed by atoms with van der Waals surface area (Å²) >= 11 is 0. The minimum absolute atomic E-state index is 0.00994. The first kappa shape index (κ1) is 21.6. The maximum Gasteiger partial charge on any atom is 0.354 e. The first-order valence-corrected chi connectivity index (χ1v) is 9.42. The van der Waals surface area contributed by atoms with E-state index in [2.05, 4.69) is 14.8 Å². The number of carbonyl (C=O) groups excluding carboxylic acids is 2. The number of methoxy groups -OCH3 is 2. The van der Waals surface area contributed by atoms with E-state index in [-0.39, 0.29) is 16.3 Å². The van der Waals surface area contributed by atoms with Crippen molar-refractivity contribution in [3.05, 3.63) is 70.4 Å². The van der Waals surface area contributed by atoms with Crippen molar-refractivity contribution in [2.75, 3.05) is 19.5 Å². The predicted octanol–water partition coefficient (Wildman–Crippen LogP) is 2.07. The summed E-state index contributed by atoms with van der Waals surface area (Å²) < 4.78 is 34.5. The fourth-order valence-corrected chi connectivity index (χ4v) is 3.71. The molecule has 2 aromatic rings. The molecule has 10 nitrogen and oxygen atoms in total. The summed E-state index contributed by atoms with van der Waals surface area (Å²) in [5, 5.41) is 14.0. The van der Waals surface area contributed by atoms with Gasteiger partial charge in [-0.3, -0.25) is 10.1 Å². The summed E-state index contributed by atoms with van der Waals surface area (Å²) in [4.78, 5) is 33.2. The number of anilines is 1. The highest BCUT2D eigenvalue weighted by Gasteiger charge is 2.28. The second-order valence-corrected chi connectivity index (χ2v) is 7.37. The van der Waals surface area contributed by atoms with Gasteiger partial charge in [0.2, 0.25) is 9.84 Å². The maximum atomic E-state index is 12.8. The fraction of sp³-hybridized carbons (Fsp3) is 0.111. The minimum atomic E-state index is -4.15. The van der Waals surface area contributed by atoms with E-state index >= 15 is 0 Å². The summed E-state index contributed by atoms with van der Waals surface area (Å²) in [6, 6.07) is 10.4. The lowest BCUT2D eigenvalue weighted by atomic mass is 10.2. The topological polar surface area (TPSA) is 142 Å². The van der Waals surface area contributed by atoms with E-state index in [0.717, 1.165) is 32.4 Å². The smallest absolute Gasteiger partial charge is 0.354 e. The average molecular weight is 420 g/mol. The van der Waals surface area contributed by atoms with Crippen LogP contribution >= 0.6 is 0 Å². The summed E-state index contributed by atoms with van der Waals surface area (Å²) in [5.41, 5.74) is -1.07. The summed E-state index contributed by atoms with van der Waals surface area (Å²) in [5.74, 6) is -1.80. The molecule has 2 rings (SSSR count). The van der Waals surface area contributed by atoms with Gasteiger partial charge < -0.3 is 14.8 Å². The molecule has 0 atom stereocenters. The van der Waals surface area contributed by atoms with Crippen molar-refractivity contribution in [2.24, 2.45) is 0 Å². The van der Waals surface area contributed by atoms with E-state index in [4.69, 9.17) is 0 Å². The zero-order valence-corrected chi connectivity index (χ0v) is 16.1. The molecule has 0 saturated heterocycles. The van der Waals surface area contributed by atoms with Crippen LogP contribution in [0.4, 0.5) is 11.4 Å². The van der Waals surface area contributed by atoms with Crippen molar-refractivity contribution in [3.8, 4) is 0 Å². The van der Waals surface area contributed by atoms with Crippen LogP contribution in [-0.4, -0.2) is 39.5 Å². The van der Waals surface area contributed by atoms with Gasteiger partial charge in [0.1, 0.15) is 10.6 Å². The highest BCUT2D eigenvalue weighted by atomic mass is 32.2. The van der Waals surface area contributed by atoms with E-state index in [0.29, 0.717) is 0 Å². The van der Waals surface area contributed by atoms with E-state index < -0.39 is 37.3 Å². The van der Waals surface area contributed by atoms with Crippen LogP contribution in [0.15, 0.2) is 70.1 Å². The van der Waals surface area contributed by atoms with Crippen LogP contribution in [0.5, 0.6) is 0 Å². The number of hydrogen-bond acceptors (Lipinski definition) is 9. The van der Waals surface area contributed by atoms with Gasteiger partial charge in [-0.25, -0.2) is 18.0 Å². The number of nitro groups is 1. The molecule has 0 unspecified atom stereocenters. The lowest BCUT2D eigenvalue weighted by molar-refractivity contribution is -0.387. The van der Waals surface area contributed by atoms with Crippen LogP contribution in [0.3, 0.4) is 0 Å². The van der Waals surface area contributed by atoms with Gasteiger partial charge in [-0.2, -0.15) is 0 Å². The van der Waals surface area contributed by atoms with Crippen LogP contribution in [0.2, 0.25) is 0 Å². The van der Waals surface area contributed by atoms with Crippen molar-refractivity contribution >= 4 is 33.2 Å². The molecule has 0 radical (unpaired) electrons. The number of carbonyl (C=O) groups is 2. The Labute approximate surface area is 165 Å². The van der Waals surface area contributed by atoms with E-state index in [9.17, 15) is 28.1 Å². The van der Waals surface area contributed by atoms with E-state index in [1.807, 2.05) is 0 Å². The lowest BCUT2D eigenvalue weighted by Crippen LogP contribution is -2.16. The molecule has 0 aliphatic rings. The molecule has 0 saturated carbocycles. The fourth-order valence-electron chi connectivity index (χ4n) is 2.28. The van der Waals surface area contributed by atoms with E-state index in [1.165, 1.54) is 30.3 Å². The van der Waals surface area contributed by atoms with Gasteiger partial charge in [0, 0.05) is 11.8 Å². The van der Waals surface area contributed by atoms with Crippen molar-refractivity contribution in [2.45, 2.75) is 9.79 Å². The molecular weight excluding hydrogens is 404 g/mol. The monoisotopic (exact) mass is 420 g/mol. The second kappa shape index (κ2) is 8.97. The lowest BCUT2D eigenvalue weighted by Gasteiger charge is -2.11. The van der Waals surface area contributed by atoms with Crippen LogP contribution in [0, 0.1) is 10.1 Å². The molecule has 152 valence electrons. The SMILES string of the molecule is COC(=O)/C=C(/Nc1ccc(S(=O)(=O)c2ccccc2)c([N+](=O)[O-])c1)C(=O)OC. The molecule has 0 amide bonds. The van der Waals surface area contributed by atoms with Gasteiger partial charge >= 0.3 is 11.9 Å². The largest absolute Gasteiger partial charge is 0.466 e. The summed E-state index contributed by atoms with van der Waals surface area (Å²) in [6.07, 6.45) is 0.798. The number of nitro benzene ring substituents is 1. The third-order valence-corrected chi connectivity index (χ3v) is 5.46. The molecule has 0 bridgehead atoms. The molecule has 0 fully saturated rings. The molecule has 1 N–H and O–H groups in total. The average Bonchev–Trinajstić information content (AvgIpc) is 2.72. The Balaban J connectivity index is 2.52. The molecule has 0 heterocycles. The van der Waals surface area contributed by atoms with Crippen LogP contribution in [0.1, 0.15) is 0 Å². The number of nitrogens with one attached hydrogen (secondary N) is 1.